The summed E-state index contributed by atoms with van der Waals surface area (Å²) >= 11 is 0. The van der Waals surface area contributed by atoms with Gasteiger partial charge in [-0.25, -0.2) is 0 Å². The average molecular weight is 197 g/mol. The first-order chi connectivity index (χ1) is 7.18. The Kier molecular flexibility index (Phi) is 1.61. The zero-order chi connectivity index (χ0) is 10.5. The first-order valence-corrected chi connectivity index (χ1v) is 5.45. The predicted octanol–water partition coefficient (Wildman–Crippen LogP) is 3.54. The van der Waals surface area contributed by atoms with Crippen LogP contribution in [0.15, 0.2) is 36.4 Å². The van der Waals surface area contributed by atoms with Crippen molar-refractivity contribution >= 4 is 16.5 Å². The first-order valence-electron chi connectivity index (χ1n) is 5.45. The van der Waals surface area contributed by atoms with E-state index in [0.29, 0.717) is 0 Å². The molecule has 1 nitrogen and oxygen atoms in total. The van der Waals surface area contributed by atoms with Crippen LogP contribution in [-0.2, 0) is 5.41 Å². The van der Waals surface area contributed by atoms with E-state index in [2.05, 4.69) is 55.6 Å². The van der Waals surface area contributed by atoms with Gasteiger partial charge in [0.2, 0.25) is 0 Å². The van der Waals surface area contributed by atoms with E-state index < -0.39 is 0 Å². The Balaban J connectivity index is 2.43. The molecule has 3 rings (SSSR count). The van der Waals surface area contributed by atoms with E-state index in [-0.39, 0.29) is 5.41 Å². The molecule has 0 saturated heterocycles. The number of benzene rings is 2. The van der Waals surface area contributed by atoms with Gasteiger partial charge in [-0.05, 0) is 22.4 Å². The molecule has 0 saturated carbocycles. The quantitative estimate of drug-likeness (QED) is 0.681. The van der Waals surface area contributed by atoms with Gasteiger partial charge in [0.25, 0.3) is 0 Å². The molecule has 1 heterocycles. The lowest BCUT2D eigenvalue weighted by molar-refractivity contribution is 0.591. The summed E-state index contributed by atoms with van der Waals surface area (Å²) in [5.74, 6) is 0. The largest absolute Gasteiger partial charge is 0.384 e. The summed E-state index contributed by atoms with van der Waals surface area (Å²) in [5, 5.41) is 6.22. The van der Waals surface area contributed by atoms with Gasteiger partial charge >= 0.3 is 0 Å². The molecular weight excluding hydrogens is 182 g/mol. The van der Waals surface area contributed by atoms with E-state index in [9.17, 15) is 0 Å². The molecule has 15 heavy (non-hydrogen) atoms. The van der Waals surface area contributed by atoms with E-state index in [4.69, 9.17) is 0 Å². The van der Waals surface area contributed by atoms with Crippen molar-refractivity contribution in [2.75, 3.05) is 11.9 Å². The van der Waals surface area contributed by atoms with Crippen LogP contribution in [0.4, 0.5) is 5.69 Å². The van der Waals surface area contributed by atoms with Crippen LogP contribution in [0.1, 0.15) is 19.4 Å². The van der Waals surface area contributed by atoms with Gasteiger partial charge in [-0.3, -0.25) is 0 Å². The summed E-state index contributed by atoms with van der Waals surface area (Å²) < 4.78 is 0. The third-order valence-corrected chi connectivity index (χ3v) is 3.33. The lowest BCUT2D eigenvalue weighted by Crippen LogP contribution is -2.19. The topological polar surface area (TPSA) is 12.0 Å². The van der Waals surface area contributed by atoms with Gasteiger partial charge in [-0.2, -0.15) is 0 Å². The Morgan fingerprint density at radius 1 is 1.07 bits per heavy atom. The Labute approximate surface area is 90.1 Å². The molecule has 0 fully saturated rings. The van der Waals surface area contributed by atoms with Gasteiger partial charge in [-0.15, -0.1) is 0 Å². The molecule has 0 amide bonds. The molecule has 0 aromatic heterocycles. The van der Waals surface area contributed by atoms with Gasteiger partial charge in [0.1, 0.15) is 0 Å². The third kappa shape index (κ3) is 1.16. The second kappa shape index (κ2) is 2.75. The van der Waals surface area contributed by atoms with Crippen LogP contribution in [0.3, 0.4) is 0 Å². The SMILES string of the molecule is CC1(C)CNc2ccc3ccccc3c21. The molecule has 1 heteroatoms. The van der Waals surface area contributed by atoms with Crippen molar-refractivity contribution in [1.82, 2.24) is 0 Å². The van der Waals surface area contributed by atoms with Crippen LogP contribution < -0.4 is 5.32 Å². The molecule has 1 aliphatic heterocycles. The molecule has 0 atom stereocenters. The van der Waals surface area contributed by atoms with Crippen molar-refractivity contribution in [3.63, 3.8) is 0 Å². The van der Waals surface area contributed by atoms with E-state index in [1.54, 1.807) is 0 Å². The summed E-state index contributed by atoms with van der Waals surface area (Å²) in [6.45, 7) is 5.65. The van der Waals surface area contributed by atoms with Crippen molar-refractivity contribution in [2.24, 2.45) is 0 Å². The second-order valence-corrected chi connectivity index (χ2v) is 4.95. The second-order valence-electron chi connectivity index (χ2n) is 4.95. The minimum atomic E-state index is 0.246. The fraction of sp³-hybridized carbons (Fsp3) is 0.286. The van der Waals surface area contributed by atoms with E-state index >= 15 is 0 Å². The highest BCUT2D eigenvalue weighted by Crippen LogP contribution is 2.40. The van der Waals surface area contributed by atoms with Gasteiger partial charge in [0.05, 0.1) is 0 Å². The highest BCUT2D eigenvalue weighted by Gasteiger charge is 2.30. The molecule has 0 unspecified atom stereocenters. The van der Waals surface area contributed by atoms with Crippen LogP contribution in [0.5, 0.6) is 0 Å². The Morgan fingerprint density at radius 3 is 2.73 bits per heavy atom. The van der Waals surface area contributed by atoms with Gasteiger partial charge in [0.15, 0.2) is 0 Å². The van der Waals surface area contributed by atoms with E-state index in [1.807, 2.05) is 0 Å². The summed E-state index contributed by atoms with van der Waals surface area (Å²) in [7, 11) is 0. The molecule has 0 radical (unpaired) electrons. The average Bonchev–Trinajstić information content (AvgIpc) is 2.55. The van der Waals surface area contributed by atoms with E-state index in [0.717, 1.165) is 6.54 Å². The summed E-state index contributed by atoms with van der Waals surface area (Å²) in [4.78, 5) is 0. The molecule has 1 aliphatic rings. The standard InChI is InChI=1S/C14H15N/c1-14(2)9-15-12-8-7-10-5-3-4-6-11(10)13(12)14/h3-8,15H,9H2,1-2H3. The van der Waals surface area contributed by atoms with Crippen molar-refractivity contribution < 1.29 is 0 Å². The normalized spacial score (nSPS) is 17.5. The molecule has 0 aliphatic carbocycles. The molecule has 0 spiro atoms. The lowest BCUT2D eigenvalue weighted by Gasteiger charge is -2.19. The zero-order valence-corrected chi connectivity index (χ0v) is 9.17. The Hall–Kier alpha value is -1.50. The molecule has 2 aromatic rings. The van der Waals surface area contributed by atoms with Crippen molar-refractivity contribution in [1.29, 1.82) is 0 Å². The molecule has 2 aromatic carbocycles. The van der Waals surface area contributed by atoms with Crippen molar-refractivity contribution in [3.8, 4) is 0 Å². The number of anilines is 1. The monoisotopic (exact) mass is 197 g/mol. The maximum absolute atomic E-state index is 3.48. The molecule has 0 bridgehead atoms. The maximum Gasteiger partial charge on any atom is 0.0385 e. The summed E-state index contributed by atoms with van der Waals surface area (Å²) in [6, 6.07) is 13.0. The number of fused-ring (bicyclic) bond motifs is 3. The third-order valence-electron chi connectivity index (χ3n) is 3.33. The van der Waals surface area contributed by atoms with Crippen LogP contribution in [0.2, 0.25) is 0 Å². The van der Waals surface area contributed by atoms with Crippen LogP contribution in [-0.4, -0.2) is 6.54 Å². The number of nitrogens with one attached hydrogen (secondary N) is 1. The maximum atomic E-state index is 3.48. The van der Waals surface area contributed by atoms with E-state index in [1.165, 1.54) is 22.0 Å². The lowest BCUT2D eigenvalue weighted by atomic mass is 9.84. The fourth-order valence-electron chi connectivity index (χ4n) is 2.55. The highest BCUT2D eigenvalue weighted by molar-refractivity contribution is 5.92. The number of hydrogen-bond acceptors (Lipinski definition) is 1. The van der Waals surface area contributed by atoms with Crippen LogP contribution in [0.25, 0.3) is 10.8 Å². The first kappa shape index (κ1) is 8.78. The fourth-order valence-corrected chi connectivity index (χ4v) is 2.55. The van der Waals surface area contributed by atoms with Crippen LogP contribution >= 0.6 is 0 Å². The molecule has 76 valence electrons. The van der Waals surface area contributed by atoms with Gasteiger partial charge in [0, 0.05) is 17.6 Å². The number of hydrogen-bond donors (Lipinski definition) is 1. The number of rotatable bonds is 0. The summed E-state index contributed by atoms with van der Waals surface area (Å²) in [5.41, 5.74) is 3.02. The Morgan fingerprint density at radius 2 is 1.87 bits per heavy atom. The predicted molar refractivity (Wildman–Crippen MR) is 65.5 cm³/mol. The van der Waals surface area contributed by atoms with Gasteiger partial charge < -0.3 is 5.32 Å². The summed E-state index contributed by atoms with van der Waals surface area (Å²) in [6.07, 6.45) is 0. The molecular formula is C14H15N. The Bertz CT molecular complexity index is 526. The zero-order valence-electron chi connectivity index (χ0n) is 9.17. The minimum absolute atomic E-state index is 0.246. The van der Waals surface area contributed by atoms with Crippen molar-refractivity contribution in [2.45, 2.75) is 19.3 Å². The van der Waals surface area contributed by atoms with Crippen LogP contribution in [0, 0.1) is 0 Å². The minimum Gasteiger partial charge on any atom is -0.384 e. The van der Waals surface area contributed by atoms with Gasteiger partial charge in [-0.1, -0.05) is 44.2 Å². The van der Waals surface area contributed by atoms with Crippen molar-refractivity contribution in [3.05, 3.63) is 42.0 Å². The smallest absolute Gasteiger partial charge is 0.0385 e. The highest BCUT2D eigenvalue weighted by atomic mass is 14.9. The molecule has 1 N–H and O–H groups in total.